The molecule has 0 unspecified atom stereocenters. The molecule has 3 atom stereocenters. The lowest BCUT2D eigenvalue weighted by Crippen LogP contribution is -2.47. The van der Waals surface area contributed by atoms with Crippen LogP contribution in [0.4, 0.5) is 4.79 Å². The Morgan fingerprint density at radius 3 is 2.48 bits per heavy atom. The van der Waals surface area contributed by atoms with Crippen LogP contribution in [0.25, 0.3) is 0 Å². The zero-order valence-corrected chi connectivity index (χ0v) is 13.8. The van der Waals surface area contributed by atoms with E-state index < -0.39 is 18.2 Å². The highest BCUT2D eigenvalue weighted by molar-refractivity contribution is 5.64. The SMILES string of the molecule is CC(C)[C@@H](COCc1ccccc1)C[C@H](NC(=O)O)[C@H](O)CN. The van der Waals surface area contributed by atoms with Crippen LogP contribution in [0, 0.1) is 11.8 Å². The third-order valence-corrected chi connectivity index (χ3v) is 3.96. The highest BCUT2D eigenvalue weighted by atomic mass is 16.5. The van der Waals surface area contributed by atoms with Gasteiger partial charge < -0.3 is 26.0 Å². The monoisotopic (exact) mass is 324 g/mol. The maximum Gasteiger partial charge on any atom is 0.404 e. The van der Waals surface area contributed by atoms with Crippen LogP contribution in [0.1, 0.15) is 25.8 Å². The Bertz CT molecular complexity index is 453. The Morgan fingerprint density at radius 1 is 1.30 bits per heavy atom. The first kappa shape index (κ1) is 19.4. The number of nitrogens with one attached hydrogen (secondary N) is 1. The fourth-order valence-electron chi connectivity index (χ4n) is 2.40. The minimum atomic E-state index is -1.16. The second-order valence-electron chi connectivity index (χ2n) is 6.10. The third-order valence-electron chi connectivity index (χ3n) is 3.96. The van der Waals surface area contributed by atoms with Gasteiger partial charge in [0.05, 0.1) is 25.4 Å². The molecule has 0 aliphatic heterocycles. The molecule has 0 bridgehead atoms. The number of nitrogens with two attached hydrogens (primary N) is 1. The predicted octanol–water partition coefficient (Wildman–Crippen LogP) is 1.82. The van der Waals surface area contributed by atoms with E-state index in [1.165, 1.54) is 0 Å². The van der Waals surface area contributed by atoms with E-state index in [2.05, 4.69) is 19.2 Å². The number of hydrogen-bond acceptors (Lipinski definition) is 4. The van der Waals surface area contributed by atoms with Crippen molar-refractivity contribution in [2.75, 3.05) is 13.2 Å². The summed E-state index contributed by atoms with van der Waals surface area (Å²) in [7, 11) is 0. The van der Waals surface area contributed by atoms with Gasteiger partial charge in [-0.25, -0.2) is 4.79 Å². The van der Waals surface area contributed by atoms with Crippen molar-refractivity contribution in [2.45, 2.75) is 39.0 Å². The highest BCUT2D eigenvalue weighted by Gasteiger charge is 2.26. The van der Waals surface area contributed by atoms with Crippen LogP contribution >= 0.6 is 0 Å². The van der Waals surface area contributed by atoms with Crippen molar-refractivity contribution in [1.82, 2.24) is 5.32 Å². The van der Waals surface area contributed by atoms with Gasteiger partial charge >= 0.3 is 6.09 Å². The van der Waals surface area contributed by atoms with Crippen molar-refractivity contribution in [3.63, 3.8) is 0 Å². The number of benzene rings is 1. The van der Waals surface area contributed by atoms with Gasteiger partial charge in [-0.1, -0.05) is 44.2 Å². The van der Waals surface area contributed by atoms with Crippen molar-refractivity contribution < 1.29 is 19.7 Å². The summed E-state index contributed by atoms with van der Waals surface area (Å²) in [4.78, 5) is 10.9. The van der Waals surface area contributed by atoms with Crippen molar-refractivity contribution in [3.8, 4) is 0 Å². The summed E-state index contributed by atoms with van der Waals surface area (Å²) >= 11 is 0. The Kier molecular flexibility index (Phi) is 8.61. The summed E-state index contributed by atoms with van der Waals surface area (Å²) in [6.07, 6.45) is -1.58. The van der Waals surface area contributed by atoms with Gasteiger partial charge in [0.15, 0.2) is 0 Å². The largest absolute Gasteiger partial charge is 0.465 e. The Hall–Kier alpha value is -1.63. The molecule has 1 amide bonds. The van der Waals surface area contributed by atoms with Gasteiger partial charge in [-0.3, -0.25) is 0 Å². The second kappa shape index (κ2) is 10.2. The Morgan fingerprint density at radius 2 is 1.96 bits per heavy atom. The van der Waals surface area contributed by atoms with Gasteiger partial charge in [0.25, 0.3) is 0 Å². The number of ether oxygens (including phenoxy) is 1. The van der Waals surface area contributed by atoms with Crippen LogP contribution in [-0.4, -0.2) is 41.6 Å². The number of hydrogen-bond donors (Lipinski definition) is 4. The van der Waals surface area contributed by atoms with E-state index in [-0.39, 0.29) is 12.5 Å². The summed E-state index contributed by atoms with van der Waals surface area (Å²) in [6, 6.07) is 9.28. The predicted molar refractivity (Wildman–Crippen MR) is 89.1 cm³/mol. The maximum atomic E-state index is 10.9. The van der Waals surface area contributed by atoms with Crippen LogP contribution in [-0.2, 0) is 11.3 Å². The average Bonchev–Trinajstić information content (AvgIpc) is 2.52. The van der Waals surface area contributed by atoms with Gasteiger partial charge in [0.1, 0.15) is 0 Å². The molecule has 0 saturated carbocycles. The average molecular weight is 324 g/mol. The van der Waals surface area contributed by atoms with Gasteiger partial charge in [-0.05, 0) is 23.8 Å². The van der Waals surface area contributed by atoms with Crippen molar-refractivity contribution in [1.29, 1.82) is 0 Å². The smallest absolute Gasteiger partial charge is 0.404 e. The van der Waals surface area contributed by atoms with E-state index in [1.54, 1.807) is 0 Å². The molecule has 5 N–H and O–H groups in total. The Balaban J connectivity index is 2.56. The molecule has 1 aromatic rings. The normalized spacial score (nSPS) is 15.2. The lowest BCUT2D eigenvalue weighted by atomic mass is 9.88. The summed E-state index contributed by atoms with van der Waals surface area (Å²) in [6.45, 7) is 5.15. The van der Waals surface area contributed by atoms with Gasteiger partial charge in [-0.2, -0.15) is 0 Å². The van der Waals surface area contributed by atoms with E-state index in [1.807, 2.05) is 30.3 Å². The first-order valence-corrected chi connectivity index (χ1v) is 7.93. The van der Waals surface area contributed by atoms with Crippen molar-refractivity contribution >= 4 is 6.09 Å². The molecule has 6 heteroatoms. The molecule has 1 rings (SSSR count). The van der Waals surface area contributed by atoms with Gasteiger partial charge in [0, 0.05) is 6.54 Å². The van der Waals surface area contributed by atoms with E-state index >= 15 is 0 Å². The third kappa shape index (κ3) is 7.45. The second-order valence-corrected chi connectivity index (χ2v) is 6.10. The molecule has 0 aliphatic carbocycles. The van der Waals surface area contributed by atoms with Crippen LogP contribution in [0.15, 0.2) is 30.3 Å². The molecule has 0 heterocycles. The molecule has 0 radical (unpaired) electrons. The van der Waals surface area contributed by atoms with Crippen LogP contribution < -0.4 is 11.1 Å². The van der Waals surface area contributed by atoms with Crippen molar-refractivity contribution in [2.24, 2.45) is 17.6 Å². The van der Waals surface area contributed by atoms with Crippen LogP contribution in [0.3, 0.4) is 0 Å². The maximum absolute atomic E-state index is 10.9. The number of carbonyl (C=O) groups is 1. The Labute approximate surface area is 137 Å². The molecule has 0 saturated heterocycles. The van der Waals surface area contributed by atoms with Crippen molar-refractivity contribution in [3.05, 3.63) is 35.9 Å². The molecule has 6 nitrogen and oxygen atoms in total. The number of amides is 1. The molecular formula is C17H28N2O4. The summed E-state index contributed by atoms with van der Waals surface area (Å²) in [5.41, 5.74) is 6.56. The van der Waals surface area contributed by atoms with Crippen LogP contribution in [0.5, 0.6) is 0 Å². The highest BCUT2D eigenvalue weighted by Crippen LogP contribution is 2.20. The first-order valence-electron chi connectivity index (χ1n) is 7.93. The molecule has 1 aromatic carbocycles. The molecule has 0 spiro atoms. The van der Waals surface area contributed by atoms with E-state index in [0.717, 1.165) is 5.56 Å². The molecule has 0 fully saturated rings. The van der Waals surface area contributed by atoms with Crippen LogP contribution in [0.2, 0.25) is 0 Å². The fourth-order valence-corrected chi connectivity index (χ4v) is 2.40. The zero-order chi connectivity index (χ0) is 17.2. The summed E-state index contributed by atoms with van der Waals surface area (Å²) in [5.74, 6) is 0.422. The first-order chi connectivity index (χ1) is 10.9. The summed E-state index contributed by atoms with van der Waals surface area (Å²) < 4.78 is 5.77. The molecule has 0 aromatic heterocycles. The van der Waals surface area contributed by atoms with E-state index in [4.69, 9.17) is 15.6 Å². The molecule has 23 heavy (non-hydrogen) atoms. The molecular weight excluding hydrogens is 296 g/mol. The molecule has 0 aliphatic rings. The number of carboxylic acid groups (broad SMARTS) is 1. The number of aliphatic hydroxyl groups excluding tert-OH is 1. The fraction of sp³-hybridized carbons (Fsp3) is 0.588. The summed E-state index contributed by atoms with van der Waals surface area (Å²) in [5, 5.41) is 21.2. The number of aliphatic hydroxyl groups is 1. The lowest BCUT2D eigenvalue weighted by molar-refractivity contribution is 0.0487. The zero-order valence-electron chi connectivity index (χ0n) is 13.8. The van der Waals surface area contributed by atoms with E-state index in [9.17, 15) is 9.90 Å². The minimum absolute atomic E-state index is 0.0145. The topological polar surface area (TPSA) is 105 Å². The van der Waals surface area contributed by atoms with Gasteiger partial charge in [-0.15, -0.1) is 0 Å². The lowest BCUT2D eigenvalue weighted by Gasteiger charge is -2.28. The standard InChI is InChI=1S/C17H28N2O4/c1-12(2)14(8-15(16(20)9-18)19-17(21)22)11-23-10-13-6-4-3-5-7-13/h3-7,12,14-16,19-20H,8-11,18H2,1-2H3,(H,21,22)/t14-,15+,16-/m1/s1. The quantitative estimate of drug-likeness (QED) is 0.525. The van der Waals surface area contributed by atoms with E-state index in [0.29, 0.717) is 25.6 Å². The minimum Gasteiger partial charge on any atom is -0.465 e. The number of rotatable bonds is 10. The molecule has 130 valence electrons. The van der Waals surface area contributed by atoms with Gasteiger partial charge in [0.2, 0.25) is 0 Å².